The van der Waals surface area contributed by atoms with E-state index in [1.54, 1.807) is 0 Å². The molecule has 2 aromatic carbocycles. The second kappa shape index (κ2) is 7.58. The van der Waals surface area contributed by atoms with Crippen LogP contribution in [0.1, 0.15) is 19.3 Å². The summed E-state index contributed by atoms with van der Waals surface area (Å²) in [6.07, 6.45) is 2.56. The number of anilines is 3. The van der Waals surface area contributed by atoms with Gasteiger partial charge in [0.1, 0.15) is 5.92 Å². The van der Waals surface area contributed by atoms with Gasteiger partial charge in [0.15, 0.2) is 11.6 Å². The molecule has 0 aromatic heterocycles. The highest BCUT2D eigenvalue weighted by Crippen LogP contribution is 2.31. The summed E-state index contributed by atoms with van der Waals surface area (Å²) in [6, 6.07) is 10.9. The van der Waals surface area contributed by atoms with Crippen LogP contribution in [0.5, 0.6) is 0 Å². The van der Waals surface area contributed by atoms with Crippen LogP contribution < -0.4 is 15.1 Å². The van der Waals surface area contributed by atoms with E-state index in [0.717, 1.165) is 43.8 Å². The molecule has 0 aliphatic carbocycles. The number of nitrogens with zero attached hydrogens (tertiary/aromatic N) is 2. The van der Waals surface area contributed by atoms with Gasteiger partial charge < -0.3 is 15.1 Å². The number of para-hydroxylation sites is 2. The molecule has 0 bridgehead atoms. The number of halogens is 2. The number of benzene rings is 2. The number of hydrogen-bond acceptors (Lipinski definition) is 3. The van der Waals surface area contributed by atoms with E-state index in [2.05, 4.69) is 10.2 Å². The Morgan fingerprint density at radius 2 is 1.75 bits per heavy atom. The number of carbonyl (C=O) groups excluding carboxylic acids is 2. The van der Waals surface area contributed by atoms with Gasteiger partial charge in [-0.15, -0.1) is 0 Å². The van der Waals surface area contributed by atoms with Crippen molar-refractivity contribution in [3.8, 4) is 0 Å². The Kier molecular flexibility index (Phi) is 4.98. The van der Waals surface area contributed by atoms with Crippen molar-refractivity contribution in [2.24, 2.45) is 5.92 Å². The third-order valence-corrected chi connectivity index (χ3v) is 5.35. The first-order valence-corrected chi connectivity index (χ1v) is 9.46. The quantitative estimate of drug-likeness (QED) is 0.819. The lowest BCUT2D eigenvalue weighted by atomic mass is 10.1. The lowest BCUT2D eigenvalue weighted by Gasteiger charge is -2.22. The van der Waals surface area contributed by atoms with Crippen molar-refractivity contribution in [1.29, 1.82) is 0 Å². The van der Waals surface area contributed by atoms with Crippen molar-refractivity contribution >= 4 is 28.9 Å². The summed E-state index contributed by atoms with van der Waals surface area (Å²) in [5, 5.41) is 2.89. The Hall–Kier alpha value is -2.96. The third-order valence-electron chi connectivity index (χ3n) is 5.35. The zero-order valence-corrected chi connectivity index (χ0v) is 15.3. The Morgan fingerprint density at radius 3 is 2.50 bits per heavy atom. The van der Waals surface area contributed by atoms with Gasteiger partial charge >= 0.3 is 0 Å². The summed E-state index contributed by atoms with van der Waals surface area (Å²) in [6.45, 7) is 2.17. The largest absolute Gasteiger partial charge is 0.370 e. The molecule has 0 spiro atoms. The van der Waals surface area contributed by atoms with Crippen molar-refractivity contribution in [1.82, 2.24) is 0 Å². The van der Waals surface area contributed by atoms with Gasteiger partial charge in [0.25, 0.3) is 0 Å². The topological polar surface area (TPSA) is 52.7 Å². The predicted octanol–water partition coefficient (Wildman–Crippen LogP) is 3.56. The molecule has 2 heterocycles. The summed E-state index contributed by atoms with van der Waals surface area (Å²) in [5.41, 5.74) is 1.90. The highest BCUT2D eigenvalue weighted by molar-refractivity contribution is 6.13. The first-order valence-electron chi connectivity index (χ1n) is 9.46. The summed E-state index contributed by atoms with van der Waals surface area (Å²) < 4.78 is 26.6. The van der Waals surface area contributed by atoms with E-state index in [4.69, 9.17) is 0 Å². The van der Waals surface area contributed by atoms with Crippen molar-refractivity contribution in [2.45, 2.75) is 19.3 Å². The molecular weight excluding hydrogens is 364 g/mol. The van der Waals surface area contributed by atoms with Gasteiger partial charge in [-0.2, -0.15) is 0 Å². The van der Waals surface area contributed by atoms with Crippen LogP contribution >= 0.6 is 0 Å². The number of carbonyl (C=O) groups is 2. The monoisotopic (exact) mass is 385 g/mol. The molecule has 2 amide bonds. The predicted molar refractivity (Wildman–Crippen MR) is 103 cm³/mol. The molecule has 0 radical (unpaired) electrons. The molecule has 4 rings (SSSR count). The van der Waals surface area contributed by atoms with Crippen molar-refractivity contribution in [3.63, 3.8) is 0 Å². The lowest BCUT2D eigenvalue weighted by molar-refractivity contribution is -0.129. The number of rotatable bonds is 4. The van der Waals surface area contributed by atoms with E-state index < -0.39 is 23.5 Å². The SMILES string of the molecule is O=C(Nc1ccccc1N1CCCC1)[C@H]1CCN(c2ccc(F)c(F)c2)C1=O. The maximum atomic E-state index is 13.5. The fourth-order valence-corrected chi connectivity index (χ4v) is 3.87. The highest BCUT2D eigenvalue weighted by atomic mass is 19.2. The molecular formula is C21H21F2N3O2. The first-order chi connectivity index (χ1) is 13.5. The van der Waals surface area contributed by atoms with Crippen LogP contribution in [0, 0.1) is 17.6 Å². The molecule has 1 atom stereocenters. The minimum Gasteiger partial charge on any atom is -0.370 e. The molecule has 2 saturated heterocycles. The van der Waals surface area contributed by atoms with Gasteiger partial charge in [-0.1, -0.05) is 12.1 Å². The van der Waals surface area contributed by atoms with Gasteiger partial charge in [0, 0.05) is 31.4 Å². The zero-order chi connectivity index (χ0) is 19.7. The standard InChI is InChI=1S/C21H21F2N3O2/c22-16-8-7-14(13-17(16)23)26-12-9-15(21(26)28)20(27)24-18-5-1-2-6-19(18)25-10-3-4-11-25/h1-2,5-8,13,15H,3-4,9-12H2,(H,24,27)/t15-/m1/s1. The Labute approximate surface area is 161 Å². The summed E-state index contributed by atoms with van der Waals surface area (Å²) in [4.78, 5) is 29.0. The number of nitrogens with one attached hydrogen (secondary N) is 1. The lowest BCUT2D eigenvalue weighted by Crippen LogP contribution is -2.33. The van der Waals surface area contributed by atoms with E-state index in [1.165, 1.54) is 11.0 Å². The average Bonchev–Trinajstić information content (AvgIpc) is 3.34. The second-order valence-electron chi connectivity index (χ2n) is 7.13. The first kappa shape index (κ1) is 18.4. The summed E-state index contributed by atoms with van der Waals surface area (Å²) in [5.74, 6) is -3.61. The van der Waals surface area contributed by atoms with E-state index in [1.807, 2.05) is 24.3 Å². The minimum atomic E-state index is -1.02. The molecule has 146 valence electrons. The van der Waals surface area contributed by atoms with Crippen LogP contribution in [0.4, 0.5) is 25.8 Å². The van der Waals surface area contributed by atoms with Crippen LogP contribution in [0.25, 0.3) is 0 Å². The number of amides is 2. The van der Waals surface area contributed by atoms with E-state index >= 15 is 0 Å². The van der Waals surface area contributed by atoms with Crippen LogP contribution in [0.2, 0.25) is 0 Å². The van der Waals surface area contributed by atoms with Crippen LogP contribution in [-0.4, -0.2) is 31.4 Å². The minimum absolute atomic E-state index is 0.261. The molecule has 0 saturated carbocycles. The molecule has 2 aliphatic rings. The Balaban J connectivity index is 1.49. The van der Waals surface area contributed by atoms with Gasteiger partial charge in [0.05, 0.1) is 11.4 Å². The van der Waals surface area contributed by atoms with Crippen molar-refractivity contribution in [2.75, 3.05) is 34.8 Å². The van der Waals surface area contributed by atoms with Crippen LogP contribution in [0.15, 0.2) is 42.5 Å². The Morgan fingerprint density at radius 1 is 1.00 bits per heavy atom. The smallest absolute Gasteiger partial charge is 0.239 e. The van der Waals surface area contributed by atoms with Crippen molar-refractivity contribution in [3.05, 3.63) is 54.1 Å². The zero-order valence-electron chi connectivity index (χ0n) is 15.3. The van der Waals surface area contributed by atoms with Gasteiger partial charge in [0.2, 0.25) is 11.8 Å². The molecule has 2 fully saturated rings. The van der Waals surface area contributed by atoms with Crippen LogP contribution in [-0.2, 0) is 9.59 Å². The molecule has 2 aliphatic heterocycles. The summed E-state index contributed by atoms with van der Waals surface area (Å²) >= 11 is 0. The fourth-order valence-electron chi connectivity index (χ4n) is 3.87. The molecule has 2 aromatic rings. The van der Waals surface area contributed by atoms with E-state index in [0.29, 0.717) is 12.1 Å². The van der Waals surface area contributed by atoms with Gasteiger partial charge in [-0.25, -0.2) is 8.78 Å². The second-order valence-corrected chi connectivity index (χ2v) is 7.13. The molecule has 0 unspecified atom stereocenters. The van der Waals surface area contributed by atoms with Crippen molar-refractivity contribution < 1.29 is 18.4 Å². The normalized spacial score (nSPS) is 19.4. The maximum absolute atomic E-state index is 13.5. The highest BCUT2D eigenvalue weighted by Gasteiger charge is 2.38. The molecule has 1 N–H and O–H groups in total. The maximum Gasteiger partial charge on any atom is 0.239 e. The fraction of sp³-hybridized carbons (Fsp3) is 0.333. The number of hydrogen-bond donors (Lipinski definition) is 1. The van der Waals surface area contributed by atoms with E-state index in [9.17, 15) is 18.4 Å². The molecule has 28 heavy (non-hydrogen) atoms. The molecule has 5 nitrogen and oxygen atoms in total. The Bertz CT molecular complexity index is 912. The third kappa shape index (κ3) is 3.44. The molecule has 7 heteroatoms. The van der Waals surface area contributed by atoms with Gasteiger partial charge in [-0.05, 0) is 43.5 Å². The van der Waals surface area contributed by atoms with Gasteiger partial charge in [-0.3, -0.25) is 9.59 Å². The summed E-state index contributed by atoms with van der Waals surface area (Å²) in [7, 11) is 0. The average molecular weight is 385 g/mol. The van der Waals surface area contributed by atoms with Crippen LogP contribution in [0.3, 0.4) is 0 Å². The van der Waals surface area contributed by atoms with E-state index in [-0.39, 0.29) is 18.1 Å².